The van der Waals surface area contributed by atoms with Crippen LogP contribution in [0.4, 0.5) is 0 Å². The fraction of sp³-hybridized carbons (Fsp3) is 0.261. The predicted octanol–water partition coefficient (Wildman–Crippen LogP) is 0.790. The predicted molar refractivity (Wildman–Crippen MR) is 110 cm³/mol. The van der Waals surface area contributed by atoms with Crippen molar-refractivity contribution in [3.05, 3.63) is 89.6 Å². The molecular formula is C23H25N4O3+. The van der Waals surface area contributed by atoms with Gasteiger partial charge in [-0.3, -0.25) is 14.6 Å². The van der Waals surface area contributed by atoms with E-state index >= 15 is 0 Å². The second-order valence-corrected chi connectivity index (χ2v) is 7.43. The van der Waals surface area contributed by atoms with Crippen molar-refractivity contribution in [3.63, 3.8) is 0 Å². The molecule has 0 aliphatic carbocycles. The number of fused-ring (bicyclic) bond motifs is 1. The van der Waals surface area contributed by atoms with Crippen LogP contribution in [0.25, 0.3) is 0 Å². The third kappa shape index (κ3) is 4.75. The van der Waals surface area contributed by atoms with Gasteiger partial charge in [0.05, 0.1) is 19.4 Å². The number of benzene rings is 1. The van der Waals surface area contributed by atoms with Gasteiger partial charge in [0, 0.05) is 30.9 Å². The topological polar surface area (TPSA) is 88.7 Å². The van der Waals surface area contributed by atoms with Gasteiger partial charge in [-0.1, -0.05) is 30.3 Å². The number of hydrogen-bond acceptors (Lipinski definition) is 4. The lowest BCUT2D eigenvalue weighted by Gasteiger charge is -2.31. The minimum absolute atomic E-state index is 0.0663. The summed E-state index contributed by atoms with van der Waals surface area (Å²) in [5, 5.41) is 5.41. The normalized spacial score (nSPS) is 16.3. The van der Waals surface area contributed by atoms with Gasteiger partial charge >= 0.3 is 11.8 Å². The number of rotatable bonds is 6. The summed E-state index contributed by atoms with van der Waals surface area (Å²) in [6, 6.07) is 15.8. The Kier molecular flexibility index (Phi) is 6.20. The Hall–Kier alpha value is -3.45. The minimum atomic E-state index is -0.656. The molecule has 0 spiro atoms. The lowest BCUT2D eigenvalue weighted by atomic mass is 9.98. The summed E-state index contributed by atoms with van der Waals surface area (Å²) in [6.07, 6.45) is 5.93. The number of hydrogen-bond donors (Lipinski definition) is 3. The molecule has 0 saturated carbocycles. The number of aromatic nitrogens is 1. The quantitative estimate of drug-likeness (QED) is 0.529. The SMILES string of the molecule is O=C(NCc1cccnc1)C(=O)NC[C@H](c1ccco1)[NH+]1CCc2ccccc2C1. The molecule has 0 bridgehead atoms. The Labute approximate surface area is 175 Å². The van der Waals surface area contributed by atoms with Gasteiger partial charge in [-0.25, -0.2) is 0 Å². The standard InChI is InChI=1S/C23H24N4O3/c28-22(25-14-17-5-3-10-24-13-17)23(29)26-15-20(21-8-4-12-30-21)27-11-9-18-6-1-2-7-19(18)16-27/h1-8,10,12-13,20H,9,11,14-16H2,(H,25,28)(H,26,29)/p+1/t20-/m1/s1. The van der Waals surface area contributed by atoms with Gasteiger partial charge in [-0.15, -0.1) is 0 Å². The molecule has 1 aliphatic rings. The molecule has 3 N–H and O–H groups in total. The van der Waals surface area contributed by atoms with Crippen LogP contribution in [-0.4, -0.2) is 29.9 Å². The summed E-state index contributed by atoms with van der Waals surface area (Å²) in [7, 11) is 0. The third-order valence-corrected chi connectivity index (χ3v) is 5.48. The number of quaternary nitrogens is 1. The van der Waals surface area contributed by atoms with Crippen molar-refractivity contribution in [2.75, 3.05) is 13.1 Å². The van der Waals surface area contributed by atoms with Gasteiger partial charge in [0.15, 0.2) is 11.8 Å². The smallest absolute Gasteiger partial charge is 0.309 e. The van der Waals surface area contributed by atoms with Crippen molar-refractivity contribution in [2.45, 2.75) is 25.6 Å². The van der Waals surface area contributed by atoms with Gasteiger partial charge in [0.2, 0.25) is 0 Å². The highest BCUT2D eigenvalue weighted by Crippen LogP contribution is 2.15. The first kappa shape index (κ1) is 19.8. The highest BCUT2D eigenvalue weighted by atomic mass is 16.3. The van der Waals surface area contributed by atoms with Crippen LogP contribution in [0.1, 0.15) is 28.5 Å². The molecule has 0 radical (unpaired) electrons. The minimum Gasteiger partial charge on any atom is -0.463 e. The van der Waals surface area contributed by atoms with Crippen LogP contribution in [0.5, 0.6) is 0 Å². The molecule has 154 valence electrons. The lowest BCUT2D eigenvalue weighted by Crippen LogP contribution is -3.12. The molecule has 1 aliphatic heterocycles. The fourth-order valence-electron chi connectivity index (χ4n) is 3.88. The molecule has 1 unspecified atom stereocenters. The Morgan fingerprint density at radius 1 is 1.03 bits per heavy atom. The van der Waals surface area contributed by atoms with Crippen molar-refractivity contribution in [1.82, 2.24) is 15.6 Å². The molecule has 30 heavy (non-hydrogen) atoms. The number of carbonyl (C=O) groups excluding carboxylic acids is 2. The molecule has 7 nitrogen and oxygen atoms in total. The first-order chi connectivity index (χ1) is 14.7. The molecule has 2 aromatic heterocycles. The molecule has 3 heterocycles. The molecular weight excluding hydrogens is 380 g/mol. The van der Waals surface area contributed by atoms with Gasteiger partial charge in [0.25, 0.3) is 0 Å². The fourth-order valence-corrected chi connectivity index (χ4v) is 3.88. The third-order valence-electron chi connectivity index (χ3n) is 5.48. The zero-order valence-electron chi connectivity index (χ0n) is 16.6. The largest absolute Gasteiger partial charge is 0.463 e. The summed E-state index contributed by atoms with van der Waals surface area (Å²) in [5.74, 6) is -0.497. The monoisotopic (exact) mass is 405 g/mol. The number of furan rings is 1. The van der Waals surface area contributed by atoms with E-state index in [-0.39, 0.29) is 12.6 Å². The van der Waals surface area contributed by atoms with Crippen LogP contribution in [-0.2, 0) is 29.1 Å². The van der Waals surface area contributed by atoms with Crippen molar-refractivity contribution in [3.8, 4) is 0 Å². The lowest BCUT2D eigenvalue weighted by molar-refractivity contribution is -0.946. The Bertz CT molecular complexity index is 989. The van der Waals surface area contributed by atoms with E-state index in [2.05, 4.69) is 39.9 Å². The summed E-state index contributed by atoms with van der Waals surface area (Å²) >= 11 is 0. The molecule has 2 amide bonds. The van der Waals surface area contributed by atoms with Gasteiger partial charge in [0.1, 0.15) is 6.54 Å². The Morgan fingerprint density at radius 2 is 1.87 bits per heavy atom. The molecule has 7 heteroatoms. The van der Waals surface area contributed by atoms with E-state index in [1.165, 1.54) is 16.0 Å². The van der Waals surface area contributed by atoms with Crippen LogP contribution in [0, 0.1) is 0 Å². The number of amides is 2. The highest BCUT2D eigenvalue weighted by Gasteiger charge is 2.31. The zero-order valence-corrected chi connectivity index (χ0v) is 16.6. The van der Waals surface area contributed by atoms with Crippen molar-refractivity contribution in [1.29, 1.82) is 0 Å². The van der Waals surface area contributed by atoms with E-state index in [9.17, 15) is 9.59 Å². The first-order valence-corrected chi connectivity index (χ1v) is 10.1. The average molecular weight is 405 g/mol. The maximum Gasteiger partial charge on any atom is 0.309 e. The van der Waals surface area contributed by atoms with Crippen LogP contribution in [0.15, 0.2) is 71.6 Å². The van der Waals surface area contributed by atoms with Crippen molar-refractivity contribution in [2.24, 2.45) is 0 Å². The second kappa shape index (κ2) is 9.37. The molecule has 3 aromatic rings. The molecule has 4 rings (SSSR count). The van der Waals surface area contributed by atoms with E-state index in [1.54, 1.807) is 24.7 Å². The summed E-state index contributed by atoms with van der Waals surface area (Å²) in [6.45, 7) is 2.37. The second-order valence-electron chi connectivity index (χ2n) is 7.43. The number of nitrogens with zero attached hydrogens (tertiary/aromatic N) is 1. The molecule has 0 saturated heterocycles. The molecule has 2 atom stereocenters. The van der Waals surface area contributed by atoms with Crippen LogP contribution in [0.2, 0.25) is 0 Å². The number of carbonyl (C=O) groups is 2. The van der Waals surface area contributed by atoms with E-state index in [1.807, 2.05) is 18.2 Å². The summed E-state index contributed by atoms with van der Waals surface area (Å²) in [5.41, 5.74) is 3.53. The molecule has 1 aromatic carbocycles. The maximum absolute atomic E-state index is 12.3. The van der Waals surface area contributed by atoms with Gasteiger partial charge in [-0.05, 0) is 29.3 Å². The van der Waals surface area contributed by atoms with Crippen LogP contribution >= 0.6 is 0 Å². The number of pyridine rings is 1. The van der Waals surface area contributed by atoms with Crippen LogP contribution in [0.3, 0.4) is 0 Å². The van der Waals surface area contributed by atoms with Crippen molar-refractivity contribution < 1.29 is 18.9 Å². The number of nitrogens with one attached hydrogen (secondary N) is 3. The van der Waals surface area contributed by atoms with E-state index in [0.717, 1.165) is 30.8 Å². The van der Waals surface area contributed by atoms with Gasteiger partial charge < -0.3 is 20.0 Å². The summed E-state index contributed by atoms with van der Waals surface area (Å²) in [4.78, 5) is 29.8. The van der Waals surface area contributed by atoms with E-state index in [4.69, 9.17) is 4.42 Å². The summed E-state index contributed by atoms with van der Waals surface area (Å²) < 4.78 is 5.66. The van der Waals surface area contributed by atoms with Crippen LogP contribution < -0.4 is 15.5 Å². The average Bonchev–Trinajstić information content (AvgIpc) is 3.32. The zero-order chi connectivity index (χ0) is 20.8. The molecule has 0 fully saturated rings. The maximum atomic E-state index is 12.3. The Morgan fingerprint density at radius 3 is 2.63 bits per heavy atom. The Balaban J connectivity index is 1.37. The highest BCUT2D eigenvalue weighted by molar-refractivity contribution is 6.35. The van der Waals surface area contributed by atoms with Crippen molar-refractivity contribution >= 4 is 11.8 Å². The van der Waals surface area contributed by atoms with E-state index < -0.39 is 11.8 Å². The van der Waals surface area contributed by atoms with E-state index in [0.29, 0.717) is 6.54 Å². The first-order valence-electron chi connectivity index (χ1n) is 10.1. The van der Waals surface area contributed by atoms with Gasteiger partial charge in [-0.2, -0.15) is 0 Å².